The number of amides is 3. The van der Waals surface area contributed by atoms with Gasteiger partial charge in [-0.1, -0.05) is 0 Å². The molecule has 0 heterocycles. The van der Waals surface area contributed by atoms with Crippen LogP contribution in [0.1, 0.15) is 20.7 Å². The minimum atomic E-state index is -1.15. The Morgan fingerprint density at radius 3 is 1.30 bits per heavy atom. The molecule has 186 valence electrons. The molecule has 0 unspecified atom stereocenters. The molecule has 15 heteroatoms. The van der Waals surface area contributed by atoms with Gasteiger partial charge in [-0.05, 0) is 67.8 Å². The summed E-state index contributed by atoms with van der Waals surface area (Å²) in [5.41, 5.74) is 0.00836. The van der Waals surface area contributed by atoms with Crippen molar-refractivity contribution >= 4 is 91.2 Å². The summed E-state index contributed by atoms with van der Waals surface area (Å²) in [6.45, 7) is -3.44. The van der Waals surface area contributed by atoms with Crippen molar-refractivity contribution in [3.63, 3.8) is 0 Å². The standard InChI is InChI=1S/C18H24I3N3O9/c19-12-10(17(32)22-8(3-27)4-28)13(20)15(24-16(31)7(1-25)2-26)14(21)11(12)18(33)23-9(5-29)6-30/h7-9,25-30H,1-6H2,(H,22,32)(H,23,33)(H,24,31). The van der Waals surface area contributed by atoms with Crippen molar-refractivity contribution in [2.45, 2.75) is 12.1 Å². The lowest BCUT2D eigenvalue weighted by Crippen LogP contribution is -2.42. The minimum Gasteiger partial charge on any atom is -0.395 e. The molecule has 0 aliphatic heterocycles. The third-order valence-electron chi connectivity index (χ3n) is 4.38. The fraction of sp³-hybridized carbons (Fsp3) is 0.500. The van der Waals surface area contributed by atoms with E-state index in [1.54, 1.807) is 67.8 Å². The van der Waals surface area contributed by atoms with Gasteiger partial charge in [0.15, 0.2) is 0 Å². The predicted molar refractivity (Wildman–Crippen MR) is 142 cm³/mol. The lowest BCUT2D eigenvalue weighted by Gasteiger charge is -2.22. The van der Waals surface area contributed by atoms with Gasteiger partial charge in [-0.2, -0.15) is 0 Å². The molecule has 0 spiro atoms. The molecule has 1 aromatic rings. The van der Waals surface area contributed by atoms with Crippen LogP contribution in [0, 0.1) is 16.6 Å². The number of carbonyl (C=O) groups excluding carboxylic acids is 3. The van der Waals surface area contributed by atoms with Gasteiger partial charge in [-0.3, -0.25) is 14.4 Å². The third-order valence-corrected chi connectivity index (χ3v) is 7.62. The molecule has 0 aromatic heterocycles. The molecule has 12 nitrogen and oxygen atoms in total. The lowest BCUT2D eigenvalue weighted by molar-refractivity contribution is -0.122. The Labute approximate surface area is 229 Å². The molecule has 1 aromatic carbocycles. The van der Waals surface area contributed by atoms with Crippen LogP contribution < -0.4 is 16.0 Å². The van der Waals surface area contributed by atoms with E-state index >= 15 is 0 Å². The first kappa shape index (κ1) is 30.6. The monoisotopic (exact) mass is 807 g/mol. The summed E-state index contributed by atoms with van der Waals surface area (Å²) >= 11 is 5.35. The number of aliphatic hydroxyl groups excluding tert-OH is 6. The highest BCUT2D eigenvalue weighted by molar-refractivity contribution is 14.1. The number of nitrogens with one attached hydrogen (secondary N) is 3. The van der Waals surface area contributed by atoms with Crippen LogP contribution in [-0.2, 0) is 4.79 Å². The van der Waals surface area contributed by atoms with Gasteiger partial charge in [0.2, 0.25) is 5.91 Å². The molecule has 33 heavy (non-hydrogen) atoms. The Morgan fingerprint density at radius 2 is 1.00 bits per heavy atom. The number of halogens is 3. The zero-order valence-electron chi connectivity index (χ0n) is 17.0. The summed E-state index contributed by atoms with van der Waals surface area (Å²) in [7, 11) is 0. The van der Waals surface area contributed by atoms with Crippen molar-refractivity contribution in [1.29, 1.82) is 0 Å². The fourth-order valence-corrected chi connectivity index (χ4v) is 6.85. The van der Waals surface area contributed by atoms with Crippen molar-refractivity contribution in [1.82, 2.24) is 10.6 Å². The summed E-state index contributed by atoms with van der Waals surface area (Å²) in [6.07, 6.45) is 0. The van der Waals surface area contributed by atoms with E-state index in [2.05, 4.69) is 16.0 Å². The number of rotatable bonds is 12. The maximum Gasteiger partial charge on any atom is 0.253 e. The average molecular weight is 807 g/mol. The van der Waals surface area contributed by atoms with Crippen molar-refractivity contribution < 1.29 is 45.0 Å². The maximum atomic E-state index is 13.0. The smallest absolute Gasteiger partial charge is 0.253 e. The van der Waals surface area contributed by atoms with Gasteiger partial charge in [0, 0.05) is 3.57 Å². The Kier molecular flexibility index (Phi) is 13.8. The Morgan fingerprint density at radius 1 is 0.636 bits per heavy atom. The average Bonchev–Trinajstić information content (AvgIpc) is 2.79. The molecule has 0 aliphatic carbocycles. The maximum absolute atomic E-state index is 13.0. The first-order chi connectivity index (χ1) is 15.6. The second kappa shape index (κ2) is 14.9. The summed E-state index contributed by atoms with van der Waals surface area (Å²) in [6, 6.07) is -1.94. The number of benzene rings is 1. The molecule has 0 saturated heterocycles. The predicted octanol–water partition coefficient (Wildman–Crippen LogP) is -1.79. The molecule has 9 N–H and O–H groups in total. The van der Waals surface area contributed by atoms with Crippen molar-refractivity contribution in [3.8, 4) is 0 Å². The molecule has 0 bridgehead atoms. The van der Waals surface area contributed by atoms with Crippen molar-refractivity contribution in [2.24, 2.45) is 5.92 Å². The van der Waals surface area contributed by atoms with Gasteiger partial charge in [0.1, 0.15) is 0 Å². The van der Waals surface area contributed by atoms with Gasteiger partial charge >= 0.3 is 0 Å². The fourth-order valence-electron chi connectivity index (χ4n) is 2.43. The largest absolute Gasteiger partial charge is 0.395 e. The minimum absolute atomic E-state index is 0.0296. The van der Waals surface area contributed by atoms with Gasteiger partial charge in [-0.25, -0.2) is 0 Å². The van der Waals surface area contributed by atoms with Gasteiger partial charge in [-0.15, -0.1) is 0 Å². The highest BCUT2D eigenvalue weighted by atomic mass is 127. The summed E-state index contributed by atoms with van der Waals surface area (Å²) in [5, 5.41) is 63.2. The van der Waals surface area contributed by atoms with Crippen LogP contribution in [0.15, 0.2) is 0 Å². The van der Waals surface area contributed by atoms with E-state index in [0.29, 0.717) is 0 Å². The topological polar surface area (TPSA) is 209 Å². The number of carbonyl (C=O) groups is 3. The first-order valence-electron chi connectivity index (χ1n) is 9.39. The van der Waals surface area contributed by atoms with Crippen LogP contribution in [0.3, 0.4) is 0 Å². The van der Waals surface area contributed by atoms with E-state index in [-0.39, 0.29) is 27.5 Å². The summed E-state index contributed by atoms with van der Waals surface area (Å²) < 4.78 is 0.641. The number of hydrogen-bond donors (Lipinski definition) is 9. The van der Waals surface area contributed by atoms with E-state index in [0.717, 1.165) is 0 Å². The number of hydrogen-bond acceptors (Lipinski definition) is 9. The van der Waals surface area contributed by atoms with Crippen LogP contribution in [0.25, 0.3) is 0 Å². The second-order valence-corrected chi connectivity index (χ2v) is 9.93. The molecule has 0 aliphatic rings. The zero-order chi connectivity index (χ0) is 25.3. The van der Waals surface area contributed by atoms with Gasteiger partial charge in [0.25, 0.3) is 11.8 Å². The Balaban J connectivity index is 3.68. The van der Waals surface area contributed by atoms with Crippen LogP contribution in [0.4, 0.5) is 5.69 Å². The van der Waals surface area contributed by atoms with E-state index in [1.165, 1.54) is 0 Å². The summed E-state index contributed by atoms with van der Waals surface area (Å²) in [5.74, 6) is -3.37. The Hall–Kier alpha value is -0.420. The second-order valence-electron chi connectivity index (χ2n) is 6.69. The van der Waals surface area contributed by atoms with Crippen LogP contribution in [-0.4, -0.2) is 100 Å². The number of aliphatic hydroxyl groups is 6. The molecular formula is C18H24I3N3O9. The first-order valence-corrected chi connectivity index (χ1v) is 12.6. The molecule has 1 rings (SSSR count). The molecular weight excluding hydrogens is 783 g/mol. The highest BCUT2D eigenvalue weighted by Crippen LogP contribution is 2.36. The van der Waals surface area contributed by atoms with E-state index < -0.39 is 75.4 Å². The van der Waals surface area contributed by atoms with E-state index in [1.807, 2.05) is 0 Å². The van der Waals surface area contributed by atoms with Crippen molar-refractivity contribution in [3.05, 3.63) is 21.8 Å². The van der Waals surface area contributed by atoms with Gasteiger partial charge in [0.05, 0.1) is 81.6 Å². The van der Waals surface area contributed by atoms with Crippen LogP contribution in [0.2, 0.25) is 0 Å². The van der Waals surface area contributed by atoms with Crippen molar-refractivity contribution in [2.75, 3.05) is 45.0 Å². The Bertz CT molecular complexity index is 807. The third kappa shape index (κ3) is 7.78. The molecule has 3 amide bonds. The number of anilines is 1. The highest BCUT2D eigenvalue weighted by Gasteiger charge is 2.31. The molecule has 0 radical (unpaired) electrons. The summed E-state index contributed by atoms with van der Waals surface area (Å²) in [4.78, 5) is 38.4. The molecule has 0 atom stereocenters. The van der Waals surface area contributed by atoms with Crippen LogP contribution in [0.5, 0.6) is 0 Å². The molecule has 0 fully saturated rings. The van der Waals surface area contributed by atoms with E-state index in [9.17, 15) is 45.0 Å². The SMILES string of the molecule is O=C(NC(CO)CO)c1c(I)c(NC(=O)C(CO)CO)c(I)c(C(=O)NC(CO)CO)c1I. The van der Waals surface area contributed by atoms with Crippen LogP contribution >= 0.6 is 67.8 Å². The quantitative estimate of drug-likeness (QED) is 0.109. The molecule has 0 saturated carbocycles. The zero-order valence-corrected chi connectivity index (χ0v) is 23.5. The normalized spacial score (nSPS) is 11.3. The lowest BCUT2D eigenvalue weighted by atomic mass is 10.1. The van der Waals surface area contributed by atoms with E-state index in [4.69, 9.17) is 0 Å². The van der Waals surface area contributed by atoms with Gasteiger partial charge < -0.3 is 46.6 Å².